The van der Waals surface area contributed by atoms with Crippen molar-refractivity contribution >= 4 is 23.4 Å². The predicted molar refractivity (Wildman–Crippen MR) is 95.8 cm³/mol. The number of hydrogen-bond donors (Lipinski definition) is 0. The van der Waals surface area contributed by atoms with E-state index in [2.05, 4.69) is 30.1 Å². The third-order valence-electron chi connectivity index (χ3n) is 4.15. The molecule has 1 aliphatic rings. The first-order valence-corrected chi connectivity index (χ1v) is 8.55. The van der Waals surface area contributed by atoms with Crippen LogP contribution in [0.15, 0.2) is 47.1 Å². The molecule has 1 aromatic carbocycles. The summed E-state index contributed by atoms with van der Waals surface area (Å²) in [5.41, 5.74) is 0.846. The summed E-state index contributed by atoms with van der Waals surface area (Å²) in [7, 11) is 0. The second-order valence-corrected chi connectivity index (χ2v) is 6.26. The molecule has 3 heterocycles. The molecule has 0 radical (unpaired) electrons. The van der Waals surface area contributed by atoms with Crippen LogP contribution < -0.4 is 9.80 Å². The van der Waals surface area contributed by atoms with Gasteiger partial charge in [0, 0.05) is 43.0 Å². The molecule has 4 rings (SSSR count). The second kappa shape index (κ2) is 7.06. The first kappa shape index (κ1) is 15.8. The highest BCUT2D eigenvalue weighted by molar-refractivity contribution is 6.30. The van der Waals surface area contributed by atoms with Crippen LogP contribution >= 0.6 is 11.6 Å². The van der Waals surface area contributed by atoms with Gasteiger partial charge < -0.3 is 14.3 Å². The Kier molecular flexibility index (Phi) is 4.47. The van der Waals surface area contributed by atoms with Crippen molar-refractivity contribution in [3.05, 3.63) is 47.6 Å². The van der Waals surface area contributed by atoms with Gasteiger partial charge in [0.05, 0.1) is 0 Å². The van der Waals surface area contributed by atoms with Crippen LogP contribution in [0.2, 0.25) is 5.02 Å². The molecule has 1 saturated heterocycles. The Morgan fingerprint density at radius 1 is 1.00 bits per heavy atom. The fourth-order valence-electron chi connectivity index (χ4n) is 2.89. The van der Waals surface area contributed by atoms with Crippen LogP contribution in [-0.4, -0.2) is 46.5 Å². The fraction of sp³-hybridized carbons (Fsp3) is 0.294. The summed E-state index contributed by atoms with van der Waals surface area (Å²) < 4.78 is 5.47. The lowest BCUT2D eigenvalue weighted by molar-refractivity contribution is 0.415. The molecule has 25 heavy (non-hydrogen) atoms. The van der Waals surface area contributed by atoms with Gasteiger partial charge in [-0.2, -0.15) is 10.1 Å². The number of rotatable bonds is 3. The first-order chi connectivity index (χ1) is 12.3. The van der Waals surface area contributed by atoms with Gasteiger partial charge in [0.2, 0.25) is 5.82 Å². The molecule has 0 atom stereocenters. The Balaban J connectivity index is 1.48. The minimum Gasteiger partial charge on any atom is -0.353 e. The zero-order valence-corrected chi connectivity index (χ0v) is 14.3. The highest BCUT2D eigenvalue weighted by atomic mass is 35.5. The third-order valence-corrected chi connectivity index (χ3v) is 4.38. The Labute approximate surface area is 150 Å². The minimum absolute atomic E-state index is 0.538. The summed E-state index contributed by atoms with van der Waals surface area (Å²) in [6.07, 6.45) is 2.66. The van der Waals surface area contributed by atoms with E-state index in [1.54, 1.807) is 6.20 Å². The lowest BCUT2D eigenvalue weighted by Gasteiger charge is -2.21. The molecule has 128 valence electrons. The van der Waals surface area contributed by atoms with Gasteiger partial charge in [-0.25, -0.2) is 0 Å². The van der Waals surface area contributed by atoms with Crippen molar-refractivity contribution in [1.29, 1.82) is 0 Å². The van der Waals surface area contributed by atoms with E-state index in [4.69, 9.17) is 16.1 Å². The largest absolute Gasteiger partial charge is 0.353 e. The Bertz CT molecular complexity index is 840. The smallest absolute Gasteiger partial charge is 0.324 e. The summed E-state index contributed by atoms with van der Waals surface area (Å²) in [5, 5.41) is 12.9. The average Bonchev–Trinajstić information content (AvgIpc) is 3.01. The highest BCUT2D eigenvalue weighted by Crippen LogP contribution is 2.23. The van der Waals surface area contributed by atoms with Crippen LogP contribution in [0.5, 0.6) is 0 Å². The normalized spacial score (nSPS) is 15.2. The van der Waals surface area contributed by atoms with Crippen molar-refractivity contribution < 1.29 is 4.52 Å². The Morgan fingerprint density at radius 3 is 2.72 bits per heavy atom. The van der Waals surface area contributed by atoms with Gasteiger partial charge in [-0.1, -0.05) is 28.9 Å². The quantitative estimate of drug-likeness (QED) is 0.714. The SMILES string of the molecule is Clc1cccc(-c2noc(N3CCCN(c4cccnn4)CC3)n2)c1. The van der Waals surface area contributed by atoms with Gasteiger partial charge in [-0.05, 0) is 30.7 Å². The van der Waals surface area contributed by atoms with Gasteiger partial charge in [-0.15, -0.1) is 5.10 Å². The third kappa shape index (κ3) is 3.56. The van der Waals surface area contributed by atoms with Crippen molar-refractivity contribution in [3.8, 4) is 11.4 Å². The molecule has 0 spiro atoms. The van der Waals surface area contributed by atoms with E-state index in [1.165, 1.54) is 0 Å². The Hall–Kier alpha value is -2.67. The van der Waals surface area contributed by atoms with Crippen molar-refractivity contribution in [3.63, 3.8) is 0 Å². The van der Waals surface area contributed by atoms with Gasteiger partial charge in [-0.3, -0.25) is 0 Å². The molecule has 0 bridgehead atoms. The topological polar surface area (TPSA) is 71.2 Å². The summed E-state index contributed by atoms with van der Waals surface area (Å²) in [5.74, 6) is 1.45. The minimum atomic E-state index is 0.538. The van der Waals surface area contributed by atoms with E-state index in [0.717, 1.165) is 44.0 Å². The molecular weight excluding hydrogens is 340 g/mol. The molecule has 0 aliphatic carbocycles. The maximum atomic E-state index is 6.03. The summed E-state index contributed by atoms with van der Waals surface area (Å²) in [6.45, 7) is 3.39. The number of aromatic nitrogens is 4. The molecule has 7 nitrogen and oxygen atoms in total. The predicted octanol–water partition coefficient (Wildman–Crippen LogP) is 2.90. The molecule has 3 aromatic rings. The molecule has 8 heteroatoms. The van der Waals surface area contributed by atoms with E-state index in [-0.39, 0.29) is 0 Å². The molecule has 0 saturated carbocycles. The summed E-state index contributed by atoms with van der Waals surface area (Å²) in [4.78, 5) is 8.86. The fourth-order valence-corrected chi connectivity index (χ4v) is 3.08. The van der Waals surface area contributed by atoms with E-state index in [0.29, 0.717) is 16.9 Å². The van der Waals surface area contributed by atoms with Crippen LogP contribution in [-0.2, 0) is 0 Å². The van der Waals surface area contributed by atoms with Crippen LogP contribution in [0.1, 0.15) is 6.42 Å². The number of halogens is 1. The van der Waals surface area contributed by atoms with E-state index >= 15 is 0 Å². The number of anilines is 2. The Morgan fingerprint density at radius 2 is 1.88 bits per heavy atom. The van der Waals surface area contributed by atoms with Crippen LogP contribution in [0, 0.1) is 0 Å². The molecule has 1 fully saturated rings. The molecule has 1 aliphatic heterocycles. The lowest BCUT2D eigenvalue weighted by atomic mass is 10.2. The second-order valence-electron chi connectivity index (χ2n) is 5.82. The van der Waals surface area contributed by atoms with Crippen molar-refractivity contribution in [2.24, 2.45) is 0 Å². The van der Waals surface area contributed by atoms with E-state index < -0.39 is 0 Å². The van der Waals surface area contributed by atoms with Gasteiger partial charge in [0.1, 0.15) is 0 Å². The lowest BCUT2D eigenvalue weighted by Crippen LogP contribution is -2.31. The van der Waals surface area contributed by atoms with Gasteiger partial charge in [0.15, 0.2) is 5.82 Å². The zero-order valence-electron chi connectivity index (χ0n) is 13.5. The highest BCUT2D eigenvalue weighted by Gasteiger charge is 2.21. The number of nitrogens with zero attached hydrogens (tertiary/aromatic N) is 6. The van der Waals surface area contributed by atoms with Crippen LogP contribution in [0.4, 0.5) is 11.8 Å². The average molecular weight is 357 g/mol. The van der Waals surface area contributed by atoms with E-state index in [9.17, 15) is 0 Å². The van der Waals surface area contributed by atoms with Crippen molar-refractivity contribution in [1.82, 2.24) is 20.3 Å². The summed E-state index contributed by atoms with van der Waals surface area (Å²) in [6, 6.07) is 11.9. The monoisotopic (exact) mass is 356 g/mol. The summed E-state index contributed by atoms with van der Waals surface area (Å²) >= 11 is 6.03. The van der Waals surface area contributed by atoms with Gasteiger partial charge in [0.25, 0.3) is 0 Å². The van der Waals surface area contributed by atoms with Crippen molar-refractivity contribution in [2.75, 3.05) is 36.0 Å². The number of hydrogen-bond acceptors (Lipinski definition) is 7. The molecule has 0 unspecified atom stereocenters. The van der Waals surface area contributed by atoms with Crippen molar-refractivity contribution in [2.45, 2.75) is 6.42 Å². The molecule has 0 amide bonds. The van der Waals surface area contributed by atoms with Gasteiger partial charge >= 0.3 is 6.01 Å². The first-order valence-electron chi connectivity index (χ1n) is 8.17. The maximum Gasteiger partial charge on any atom is 0.324 e. The molecule has 0 N–H and O–H groups in total. The van der Waals surface area contributed by atoms with Crippen LogP contribution in [0.3, 0.4) is 0 Å². The molecule has 2 aromatic heterocycles. The maximum absolute atomic E-state index is 6.03. The molecular formula is C17H17ClN6O. The van der Waals surface area contributed by atoms with Crippen LogP contribution in [0.25, 0.3) is 11.4 Å². The van der Waals surface area contributed by atoms with E-state index in [1.807, 2.05) is 36.4 Å². The zero-order chi connectivity index (χ0) is 17.1. The number of benzene rings is 1. The standard InChI is InChI=1S/C17H17ClN6O/c18-14-5-1-4-13(12-14)16-20-17(25-22-16)24-9-3-8-23(10-11-24)15-6-2-7-19-21-15/h1-2,4-7,12H,3,8-11H2.